The number of carbonyl (C=O) groups is 1. The third-order valence-electron chi connectivity index (χ3n) is 4.03. The number of anilines is 1. The van der Waals surface area contributed by atoms with E-state index in [1.165, 1.54) is 11.3 Å². The van der Waals surface area contributed by atoms with Gasteiger partial charge in [-0.05, 0) is 24.3 Å². The van der Waals surface area contributed by atoms with Gasteiger partial charge in [0.1, 0.15) is 5.69 Å². The van der Waals surface area contributed by atoms with E-state index in [1.807, 2.05) is 30.5 Å². The molecule has 1 fully saturated rings. The van der Waals surface area contributed by atoms with E-state index in [2.05, 4.69) is 25.4 Å². The van der Waals surface area contributed by atoms with E-state index < -0.39 is 0 Å². The molecule has 0 radical (unpaired) electrons. The van der Waals surface area contributed by atoms with Crippen LogP contribution in [0.3, 0.4) is 0 Å². The summed E-state index contributed by atoms with van der Waals surface area (Å²) in [7, 11) is 0. The Morgan fingerprint density at radius 1 is 1.15 bits per heavy atom. The molecular weight excluding hydrogens is 352 g/mol. The van der Waals surface area contributed by atoms with Crippen LogP contribution in [-0.2, 0) is 11.3 Å². The SMILES string of the molecule is O=C(NCc1ccccn1)c1cccn1-c1nnc(N2CCOCC2)s1. The van der Waals surface area contributed by atoms with E-state index in [9.17, 15) is 4.79 Å². The summed E-state index contributed by atoms with van der Waals surface area (Å²) < 4.78 is 7.13. The fraction of sp³-hybridized carbons (Fsp3) is 0.294. The highest BCUT2D eigenvalue weighted by atomic mass is 32.1. The van der Waals surface area contributed by atoms with E-state index in [0.29, 0.717) is 30.6 Å². The Bertz CT molecular complexity index is 872. The molecule has 0 unspecified atom stereocenters. The van der Waals surface area contributed by atoms with E-state index in [0.717, 1.165) is 23.9 Å². The number of ether oxygens (including phenoxy) is 1. The van der Waals surface area contributed by atoms with Crippen LogP contribution in [0.2, 0.25) is 0 Å². The Morgan fingerprint density at radius 2 is 2.00 bits per heavy atom. The molecule has 0 atom stereocenters. The summed E-state index contributed by atoms with van der Waals surface area (Å²) >= 11 is 1.46. The minimum Gasteiger partial charge on any atom is -0.378 e. The Labute approximate surface area is 154 Å². The van der Waals surface area contributed by atoms with Crippen molar-refractivity contribution < 1.29 is 9.53 Å². The number of hydrogen-bond acceptors (Lipinski definition) is 7. The van der Waals surface area contributed by atoms with Crippen LogP contribution in [0.4, 0.5) is 5.13 Å². The first kappa shape index (κ1) is 16.7. The summed E-state index contributed by atoms with van der Waals surface area (Å²) in [5.74, 6) is -0.177. The van der Waals surface area contributed by atoms with Crippen LogP contribution in [-0.4, -0.2) is 52.0 Å². The molecule has 4 heterocycles. The van der Waals surface area contributed by atoms with Gasteiger partial charge in [0.25, 0.3) is 5.91 Å². The van der Waals surface area contributed by atoms with Gasteiger partial charge in [0.2, 0.25) is 10.3 Å². The van der Waals surface area contributed by atoms with Crippen LogP contribution in [0.15, 0.2) is 42.7 Å². The number of pyridine rings is 1. The Balaban J connectivity index is 1.48. The van der Waals surface area contributed by atoms with Gasteiger partial charge in [0.05, 0.1) is 25.5 Å². The Hall–Kier alpha value is -2.78. The lowest BCUT2D eigenvalue weighted by Crippen LogP contribution is -2.36. The third-order valence-corrected chi connectivity index (χ3v) is 5.01. The molecule has 26 heavy (non-hydrogen) atoms. The number of aromatic nitrogens is 4. The third kappa shape index (κ3) is 3.58. The minimum absolute atomic E-state index is 0.177. The van der Waals surface area contributed by atoms with Gasteiger partial charge in [-0.3, -0.25) is 14.3 Å². The van der Waals surface area contributed by atoms with Crippen molar-refractivity contribution in [1.82, 2.24) is 25.1 Å². The average Bonchev–Trinajstić information content (AvgIpc) is 3.37. The lowest BCUT2D eigenvalue weighted by atomic mass is 10.3. The monoisotopic (exact) mass is 370 g/mol. The second-order valence-corrected chi connectivity index (χ2v) is 6.67. The standard InChI is InChI=1S/C17H18N6O2S/c24-15(19-12-13-4-1-2-6-18-13)14-5-3-7-23(14)17-21-20-16(26-17)22-8-10-25-11-9-22/h1-7H,8-12H2,(H,19,24). The molecule has 4 rings (SSSR count). The number of nitrogens with one attached hydrogen (secondary N) is 1. The predicted octanol–water partition coefficient (Wildman–Crippen LogP) is 1.49. The number of nitrogens with zero attached hydrogens (tertiary/aromatic N) is 5. The zero-order valence-corrected chi connectivity index (χ0v) is 14.9. The highest BCUT2D eigenvalue weighted by Crippen LogP contribution is 2.25. The van der Waals surface area contributed by atoms with Gasteiger partial charge < -0.3 is 15.0 Å². The molecule has 1 amide bonds. The van der Waals surface area contributed by atoms with Gasteiger partial charge in [0.15, 0.2) is 0 Å². The minimum atomic E-state index is -0.177. The van der Waals surface area contributed by atoms with E-state index in [4.69, 9.17) is 4.74 Å². The molecule has 9 heteroatoms. The second kappa shape index (κ2) is 7.63. The Morgan fingerprint density at radius 3 is 2.81 bits per heavy atom. The molecule has 1 saturated heterocycles. The van der Waals surface area contributed by atoms with Crippen LogP contribution in [0.5, 0.6) is 0 Å². The molecule has 0 aliphatic carbocycles. The lowest BCUT2D eigenvalue weighted by Gasteiger charge is -2.25. The van der Waals surface area contributed by atoms with Gasteiger partial charge >= 0.3 is 0 Å². The summed E-state index contributed by atoms with van der Waals surface area (Å²) in [4.78, 5) is 18.9. The first-order chi connectivity index (χ1) is 12.8. The number of carbonyl (C=O) groups excluding carboxylic acids is 1. The molecule has 1 aliphatic heterocycles. The lowest BCUT2D eigenvalue weighted by molar-refractivity contribution is 0.0943. The van der Waals surface area contributed by atoms with Crippen LogP contribution in [0, 0.1) is 0 Å². The van der Waals surface area contributed by atoms with Crippen molar-refractivity contribution in [2.75, 3.05) is 31.2 Å². The molecule has 0 spiro atoms. The Kier molecular flexibility index (Phi) is 4.89. The smallest absolute Gasteiger partial charge is 0.268 e. The fourth-order valence-corrected chi connectivity index (χ4v) is 3.58. The fourth-order valence-electron chi connectivity index (χ4n) is 2.68. The summed E-state index contributed by atoms with van der Waals surface area (Å²) in [6.07, 6.45) is 3.53. The largest absolute Gasteiger partial charge is 0.378 e. The second-order valence-electron chi connectivity index (χ2n) is 5.73. The molecule has 0 aromatic carbocycles. The number of rotatable bonds is 5. The number of hydrogen-bond donors (Lipinski definition) is 1. The molecule has 3 aromatic heterocycles. The highest BCUT2D eigenvalue weighted by Gasteiger charge is 2.19. The van der Waals surface area contributed by atoms with Crippen molar-refractivity contribution in [3.8, 4) is 5.13 Å². The quantitative estimate of drug-likeness (QED) is 0.732. The van der Waals surface area contributed by atoms with E-state index >= 15 is 0 Å². The first-order valence-electron chi connectivity index (χ1n) is 8.33. The van der Waals surface area contributed by atoms with Crippen LogP contribution in [0.1, 0.15) is 16.2 Å². The van der Waals surface area contributed by atoms with Crippen molar-refractivity contribution >= 4 is 22.4 Å². The van der Waals surface area contributed by atoms with Crippen LogP contribution in [0.25, 0.3) is 5.13 Å². The first-order valence-corrected chi connectivity index (χ1v) is 9.15. The maximum absolute atomic E-state index is 12.6. The molecular formula is C17H18N6O2S. The van der Waals surface area contributed by atoms with Crippen LogP contribution < -0.4 is 10.2 Å². The average molecular weight is 370 g/mol. The molecule has 0 bridgehead atoms. The van der Waals surface area contributed by atoms with E-state index in [-0.39, 0.29) is 5.91 Å². The zero-order valence-electron chi connectivity index (χ0n) is 14.0. The summed E-state index contributed by atoms with van der Waals surface area (Å²) in [5, 5.41) is 12.9. The number of amides is 1. The van der Waals surface area contributed by atoms with Gasteiger partial charge in [0, 0.05) is 25.5 Å². The van der Waals surface area contributed by atoms with Crippen molar-refractivity contribution in [1.29, 1.82) is 0 Å². The molecule has 1 N–H and O–H groups in total. The van der Waals surface area contributed by atoms with Gasteiger partial charge in [-0.1, -0.05) is 17.4 Å². The van der Waals surface area contributed by atoms with Gasteiger partial charge in [-0.25, -0.2) is 0 Å². The molecule has 8 nitrogen and oxygen atoms in total. The molecule has 0 saturated carbocycles. The normalized spacial score (nSPS) is 14.4. The summed E-state index contributed by atoms with van der Waals surface area (Å²) in [5.41, 5.74) is 1.33. The van der Waals surface area contributed by atoms with Crippen molar-refractivity contribution in [3.05, 3.63) is 54.1 Å². The van der Waals surface area contributed by atoms with Crippen molar-refractivity contribution in [2.24, 2.45) is 0 Å². The number of morpholine rings is 1. The predicted molar refractivity (Wildman–Crippen MR) is 97.7 cm³/mol. The maximum Gasteiger partial charge on any atom is 0.268 e. The van der Waals surface area contributed by atoms with Crippen molar-refractivity contribution in [3.63, 3.8) is 0 Å². The van der Waals surface area contributed by atoms with Gasteiger partial charge in [-0.2, -0.15) is 0 Å². The molecule has 134 valence electrons. The van der Waals surface area contributed by atoms with Gasteiger partial charge in [-0.15, -0.1) is 10.2 Å². The topological polar surface area (TPSA) is 85.2 Å². The van der Waals surface area contributed by atoms with Crippen LogP contribution >= 0.6 is 11.3 Å². The maximum atomic E-state index is 12.6. The summed E-state index contributed by atoms with van der Waals surface area (Å²) in [6, 6.07) is 9.21. The molecule has 3 aromatic rings. The highest BCUT2D eigenvalue weighted by molar-refractivity contribution is 7.17. The molecule has 1 aliphatic rings. The summed E-state index contributed by atoms with van der Waals surface area (Å²) in [6.45, 7) is 3.37. The van der Waals surface area contributed by atoms with E-state index in [1.54, 1.807) is 16.8 Å². The zero-order chi connectivity index (χ0) is 17.8. The van der Waals surface area contributed by atoms with Crippen molar-refractivity contribution in [2.45, 2.75) is 6.54 Å².